The molecule has 7 heteroatoms. The third-order valence-electron chi connectivity index (χ3n) is 7.06. The zero-order valence-corrected chi connectivity index (χ0v) is 21.9. The number of piperidine rings is 2. The van der Waals surface area contributed by atoms with E-state index in [9.17, 15) is 9.59 Å². The van der Waals surface area contributed by atoms with E-state index in [2.05, 4.69) is 21.7 Å². The van der Waals surface area contributed by atoms with E-state index >= 15 is 0 Å². The van der Waals surface area contributed by atoms with Gasteiger partial charge in [-0.1, -0.05) is 13.8 Å². The van der Waals surface area contributed by atoms with Crippen LogP contribution in [0.3, 0.4) is 0 Å². The molecule has 1 spiro atoms. The Bertz CT molecular complexity index is 543. The predicted molar refractivity (Wildman–Crippen MR) is 112 cm³/mol. The molecular formula is C22H40N4O2Y. The summed E-state index contributed by atoms with van der Waals surface area (Å²) in [5.74, 6) is 1.37. The summed E-state index contributed by atoms with van der Waals surface area (Å²) < 4.78 is 0. The Kier molecular flexibility index (Phi) is 9.58. The van der Waals surface area contributed by atoms with E-state index in [-0.39, 0.29) is 44.5 Å². The first-order chi connectivity index (χ1) is 13.4. The molecule has 0 N–H and O–H groups in total. The zero-order chi connectivity index (χ0) is 20.3. The normalized spacial score (nSPS) is 25.4. The van der Waals surface area contributed by atoms with Crippen molar-refractivity contribution in [3.63, 3.8) is 0 Å². The summed E-state index contributed by atoms with van der Waals surface area (Å²) in [7, 11) is 2.21. The summed E-state index contributed by atoms with van der Waals surface area (Å²) in [5.41, 5.74) is 0.625. The third kappa shape index (κ3) is 6.02. The standard InChI is InChI=1S/C20H34N4O2.C2H6.Y/c1-16(25)23-9-5-18(6-10-23)19(26)24-7-3-17(4-8-24)11-22-14-20(15-22)12-21(2)13-20;1-2;/h17-18H,3-15H2,1-2H3;1-2H3;. The van der Waals surface area contributed by atoms with E-state index in [1.807, 2.05) is 18.7 Å². The van der Waals surface area contributed by atoms with Crippen LogP contribution in [0.5, 0.6) is 0 Å². The Hall–Kier alpha value is -0.0361. The molecule has 0 aliphatic carbocycles. The van der Waals surface area contributed by atoms with Crippen LogP contribution < -0.4 is 0 Å². The molecule has 0 aromatic heterocycles. The van der Waals surface area contributed by atoms with Crippen LogP contribution in [0.15, 0.2) is 0 Å². The van der Waals surface area contributed by atoms with Gasteiger partial charge in [-0.3, -0.25) is 9.59 Å². The molecule has 4 fully saturated rings. The van der Waals surface area contributed by atoms with Crippen molar-refractivity contribution in [3.8, 4) is 0 Å². The van der Waals surface area contributed by atoms with E-state index < -0.39 is 0 Å². The minimum Gasteiger partial charge on any atom is -0.343 e. The molecule has 4 aliphatic rings. The van der Waals surface area contributed by atoms with Crippen LogP contribution in [-0.2, 0) is 42.3 Å². The maximum atomic E-state index is 12.8. The summed E-state index contributed by atoms with van der Waals surface area (Å²) >= 11 is 0. The summed E-state index contributed by atoms with van der Waals surface area (Å²) in [6.07, 6.45) is 3.98. The van der Waals surface area contributed by atoms with Crippen molar-refractivity contribution in [2.45, 2.75) is 46.5 Å². The molecule has 4 rings (SSSR count). The number of likely N-dealkylation sites (tertiary alicyclic amines) is 4. The van der Waals surface area contributed by atoms with Crippen LogP contribution >= 0.6 is 0 Å². The van der Waals surface area contributed by atoms with Crippen molar-refractivity contribution in [2.24, 2.45) is 17.3 Å². The maximum Gasteiger partial charge on any atom is 0.225 e. The molecule has 0 atom stereocenters. The number of carbonyl (C=O) groups is 2. The zero-order valence-electron chi connectivity index (χ0n) is 19.0. The fourth-order valence-electron chi connectivity index (χ4n) is 5.73. The minimum absolute atomic E-state index is 0. The van der Waals surface area contributed by atoms with Gasteiger partial charge in [0.2, 0.25) is 11.8 Å². The van der Waals surface area contributed by atoms with Crippen LogP contribution in [0.2, 0.25) is 0 Å². The maximum absolute atomic E-state index is 12.8. The van der Waals surface area contributed by atoms with Gasteiger partial charge in [-0.15, -0.1) is 0 Å². The summed E-state index contributed by atoms with van der Waals surface area (Å²) in [5, 5.41) is 0. The molecule has 29 heavy (non-hydrogen) atoms. The van der Waals surface area contributed by atoms with Gasteiger partial charge in [-0.25, -0.2) is 0 Å². The second-order valence-corrected chi connectivity index (χ2v) is 9.39. The van der Waals surface area contributed by atoms with Crippen molar-refractivity contribution in [3.05, 3.63) is 0 Å². The Morgan fingerprint density at radius 2 is 1.38 bits per heavy atom. The van der Waals surface area contributed by atoms with Gasteiger partial charge in [-0.2, -0.15) is 0 Å². The molecule has 0 bridgehead atoms. The summed E-state index contributed by atoms with van der Waals surface area (Å²) in [6.45, 7) is 15.3. The van der Waals surface area contributed by atoms with Crippen LogP contribution in [0.25, 0.3) is 0 Å². The predicted octanol–water partition coefficient (Wildman–Crippen LogP) is 1.75. The van der Waals surface area contributed by atoms with Crippen molar-refractivity contribution < 1.29 is 42.3 Å². The Balaban J connectivity index is 0.000000970. The van der Waals surface area contributed by atoms with Crippen LogP contribution in [-0.4, -0.2) is 97.4 Å². The minimum atomic E-state index is 0. The Morgan fingerprint density at radius 3 is 1.86 bits per heavy atom. The van der Waals surface area contributed by atoms with Gasteiger partial charge in [0, 0.05) is 110 Å². The third-order valence-corrected chi connectivity index (χ3v) is 7.06. The second kappa shape index (κ2) is 11.0. The van der Waals surface area contributed by atoms with Crippen molar-refractivity contribution in [1.82, 2.24) is 19.6 Å². The number of carbonyl (C=O) groups excluding carboxylic acids is 2. The van der Waals surface area contributed by atoms with E-state index in [1.54, 1.807) is 6.92 Å². The van der Waals surface area contributed by atoms with E-state index in [0.29, 0.717) is 11.3 Å². The molecule has 4 aliphatic heterocycles. The van der Waals surface area contributed by atoms with Gasteiger partial charge >= 0.3 is 0 Å². The molecule has 0 unspecified atom stereocenters. The molecule has 4 heterocycles. The average molecular weight is 481 g/mol. The molecule has 6 nitrogen and oxygen atoms in total. The number of hydrogen-bond donors (Lipinski definition) is 0. The van der Waals surface area contributed by atoms with Gasteiger partial charge in [0.15, 0.2) is 0 Å². The van der Waals surface area contributed by atoms with Gasteiger partial charge in [0.05, 0.1) is 0 Å². The first-order valence-electron chi connectivity index (χ1n) is 11.4. The van der Waals surface area contributed by atoms with E-state index in [1.165, 1.54) is 32.7 Å². The van der Waals surface area contributed by atoms with Gasteiger partial charge < -0.3 is 19.6 Å². The first-order valence-corrected chi connectivity index (χ1v) is 11.4. The molecular weight excluding hydrogens is 441 g/mol. The quantitative estimate of drug-likeness (QED) is 0.617. The average Bonchev–Trinajstić information content (AvgIpc) is 2.67. The topological polar surface area (TPSA) is 47.1 Å². The van der Waals surface area contributed by atoms with Crippen LogP contribution in [0, 0.1) is 17.3 Å². The molecule has 163 valence electrons. The SMILES string of the molecule is CC.CC(=O)N1CCC(C(=O)N2CCC(CN3CC4(CN(C)C4)C3)CC2)CC1.[Y]. The molecule has 1 radical (unpaired) electrons. The Labute approximate surface area is 202 Å². The monoisotopic (exact) mass is 481 g/mol. The molecule has 0 saturated carbocycles. The van der Waals surface area contributed by atoms with Gasteiger partial charge in [0.25, 0.3) is 0 Å². The van der Waals surface area contributed by atoms with Gasteiger partial charge in [0.1, 0.15) is 0 Å². The van der Waals surface area contributed by atoms with Crippen LogP contribution in [0.4, 0.5) is 0 Å². The van der Waals surface area contributed by atoms with Crippen molar-refractivity contribution in [2.75, 3.05) is 66.0 Å². The fourth-order valence-corrected chi connectivity index (χ4v) is 5.73. The Morgan fingerprint density at radius 1 is 0.862 bits per heavy atom. The number of hydrogen-bond acceptors (Lipinski definition) is 4. The molecule has 0 aromatic rings. The number of amides is 2. The summed E-state index contributed by atoms with van der Waals surface area (Å²) in [4.78, 5) is 33.3. The van der Waals surface area contributed by atoms with E-state index in [0.717, 1.165) is 57.8 Å². The molecule has 4 saturated heterocycles. The fraction of sp³-hybridized carbons (Fsp3) is 0.909. The summed E-state index contributed by atoms with van der Waals surface area (Å²) in [6, 6.07) is 0. The smallest absolute Gasteiger partial charge is 0.225 e. The van der Waals surface area contributed by atoms with Crippen LogP contribution in [0.1, 0.15) is 46.5 Å². The number of nitrogens with zero attached hydrogens (tertiary/aromatic N) is 4. The number of rotatable bonds is 3. The van der Waals surface area contributed by atoms with Gasteiger partial charge in [-0.05, 0) is 38.6 Å². The second-order valence-electron chi connectivity index (χ2n) is 9.39. The largest absolute Gasteiger partial charge is 0.343 e. The molecule has 2 amide bonds. The van der Waals surface area contributed by atoms with E-state index in [4.69, 9.17) is 0 Å². The van der Waals surface area contributed by atoms with Crippen molar-refractivity contribution in [1.29, 1.82) is 0 Å². The first kappa shape index (κ1) is 25.2. The molecule has 0 aromatic carbocycles. The van der Waals surface area contributed by atoms with Crippen molar-refractivity contribution >= 4 is 11.8 Å².